The molecular formula is C14H21F3N2O2. The van der Waals surface area contributed by atoms with Gasteiger partial charge in [0.2, 0.25) is 0 Å². The van der Waals surface area contributed by atoms with Gasteiger partial charge in [0, 0.05) is 25.3 Å². The Morgan fingerprint density at radius 3 is 2.57 bits per heavy atom. The van der Waals surface area contributed by atoms with Crippen molar-refractivity contribution in [2.75, 3.05) is 24.2 Å². The number of alkyl halides is 2. The molecule has 0 amide bonds. The summed E-state index contributed by atoms with van der Waals surface area (Å²) in [5.41, 5.74) is 6.15. The highest BCUT2D eigenvalue weighted by Gasteiger charge is 2.13. The first-order chi connectivity index (χ1) is 9.90. The average Bonchev–Trinajstić information content (AvgIpc) is 2.37. The van der Waals surface area contributed by atoms with E-state index >= 15 is 0 Å². The van der Waals surface area contributed by atoms with E-state index in [1.54, 1.807) is 0 Å². The second kappa shape index (κ2) is 8.61. The maximum Gasteiger partial charge on any atom is 0.387 e. The summed E-state index contributed by atoms with van der Waals surface area (Å²) in [4.78, 5) is 0. The Bertz CT molecular complexity index is 442. The molecule has 4 nitrogen and oxygen atoms in total. The van der Waals surface area contributed by atoms with E-state index in [0.717, 1.165) is 25.0 Å². The number of nitrogens with one attached hydrogen (secondary N) is 1. The van der Waals surface area contributed by atoms with Gasteiger partial charge in [0.25, 0.3) is 0 Å². The minimum atomic E-state index is -3.08. The van der Waals surface area contributed by atoms with Crippen molar-refractivity contribution in [1.29, 1.82) is 0 Å². The van der Waals surface area contributed by atoms with Crippen molar-refractivity contribution in [1.82, 2.24) is 0 Å². The maximum atomic E-state index is 13.4. The molecule has 0 aromatic heterocycles. The van der Waals surface area contributed by atoms with Gasteiger partial charge in [-0.2, -0.15) is 8.78 Å². The molecule has 3 N–H and O–H groups in total. The third-order valence-corrected chi connectivity index (χ3v) is 2.66. The van der Waals surface area contributed by atoms with Crippen molar-refractivity contribution in [2.45, 2.75) is 39.4 Å². The molecule has 21 heavy (non-hydrogen) atoms. The molecule has 0 unspecified atom stereocenters. The summed E-state index contributed by atoms with van der Waals surface area (Å²) in [5, 5.41) is 2.97. The zero-order valence-corrected chi connectivity index (χ0v) is 12.2. The molecule has 1 aromatic carbocycles. The Morgan fingerprint density at radius 2 is 1.95 bits per heavy atom. The van der Waals surface area contributed by atoms with E-state index in [-0.39, 0.29) is 11.8 Å². The zero-order valence-electron chi connectivity index (χ0n) is 12.2. The molecule has 0 saturated carbocycles. The minimum Gasteiger partial charge on any atom is -0.432 e. The van der Waals surface area contributed by atoms with E-state index < -0.39 is 18.2 Å². The van der Waals surface area contributed by atoms with Gasteiger partial charge in [0.05, 0.1) is 17.5 Å². The predicted octanol–water partition coefficient (Wildman–Crippen LogP) is 3.63. The summed E-state index contributed by atoms with van der Waals surface area (Å²) < 4.78 is 47.1. The lowest BCUT2D eigenvalue weighted by Gasteiger charge is -2.13. The molecule has 120 valence electrons. The van der Waals surface area contributed by atoms with E-state index in [0.29, 0.717) is 18.8 Å². The molecule has 0 aliphatic rings. The van der Waals surface area contributed by atoms with Gasteiger partial charge in [0.1, 0.15) is 0 Å². The van der Waals surface area contributed by atoms with Crippen LogP contribution >= 0.6 is 0 Å². The van der Waals surface area contributed by atoms with Gasteiger partial charge in [0.15, 0.2) is 11.6 Å². The normalized spacial score (nSPS) is 11.2. The predicted molar refractivity (Wildman–Crippen MR) is 76.3 cm³/mol. The highest BCUT2D eigenvalue weighted by atomic mass is 19.3. The van der Waals surface area contributed by atoms with Crippen LogP contribution in [0.1, 0.15) is 26.7 Å². The van der Waals surface area contributed by atoms with Crippen LogP contribution in [0, 0.1) is 5.82 Å². The fourth-order valence-electron chi connectivity index (χ4n) is 1.68. The molecule has 0 aliphatic carbocycles. The summed E-state index contributed by atoms with van der Waals surface area (Å²) in [6, 6.07) is 2.10. The molecule has 0 aliphatic heterocycles. The first-order valence-corrected chi connectivity index (χ1v) is 6.79. The Hall–Kier alpha value is -1.63. The Kier molecular flexibility index (Phi) is 7.14. The number of ether oxygens (including phenoxy) is 2. The standard InChI is InChI=1S/C14H21F3N2O2/c1-9(2)20-6-4-3-5-19-12-8-13(21-14(16)17)10(15)7-11(12)18/h7-9,14,19H,3-6,18H2,1-2H3. The zero-order chi connectivity index (χ0) is 15.8. The lowest BCUT2D eigenvalue weighted by atomic mass is 10.2. The van der Waals surface area contributed by atoms with Gasteiger partial charge < -0.3 is 20.5 Å². The fraction of sp³-hybridized carbons (Fsp3) is 0.571. The Morgan fingerprint density at radius 1 is 1.24 bits per heavy atom. The summed E-state index contributed by atoms with van der Waals surface area (Å²) >= 11 is 0. The van der Waals surface area contributed by atoms with Gasteiger partial charge in [-0.1, -0.05) is 0 Å². The third kappa shape index (κ3) is 6.57. The van der Waals surface area contributed by atoms with Crippen LogP contribution in [0.25, 0.3) is 0 Å². The number of nitrogen functional groups attached to an aromatic ring is 1. The van der Waals surface area contributed by atoms with E-state index in [4.69, 9.17) is 10.5 Å². The van der Waals surface area contributed by atoms with Crippen LogP contribution in [-0.4, -0.2) is 25.9 Å². The molecule has 1 rings (SSSR count). The van der Waals surface area contributed by atoms with Gasteiger partial charge in [-0.15, -0.1) is 0 Å². The van der Waals surface area contributed by atoms with Crippen molar-refractivity contribution in [2.24, 2.45) is 0 Å². The number of anilines is 2. The molecule has 0 fully saturated rings. The Labute approximate surface area is 122 Å². The molecule has 0 radical (unpaired) electrons. The van der Waals surface area contributed by atoms with Crippen LogP contribution < -0.4 is 15.8 Å². The number of benzene rings is 1. The second-order valence-electron chi connectivity index (χ2n) is 4.80. The van der Waals surface area contributed by atoms with E-state index in [1.807, 2.05) is 13.8 Å². The average molecular weight is 306 g/mol. The summed E-state index contributed by atoms with van der Waals surface area (Å²) in [5.74, 6) is -1.44. The lowest BCUT2D eigenvalue weighted by molar-refractivity contribution is -0.0521. The molecule has 0 saturated heterocycles. The first-order valence-electron chi connectivity index (χ1n) is 6.79. The van der Waals surface area contributed by atoms with Gasteiger partial charge in [-0.05, 0) is 26.7 Å². The van der Waals surface area contributed by atoms with Crippen molar-refractivity contribution < 1.29 is 22.6 Å². The van der Waals surface area contributed by atoms with Crippen LogP contribution in [0.15, 0.2) is 12.1 Å². The van der Waals surface area contributed by atoms with Crippen LogP contribution in [0.5, 0.6) is 5.75 Å². The molecule has 0 bridgehead atoms. The number of halogens is 3. The lowest BCUT2D eigenvalue weighted by Crippen LogP contribution is -2.09. The molecule has 7 heteroatoms. The van der Waals surface area contributed by atoms with E-state index in [1.165, 1.54) is 0 Å². The molecule has 0 heterocycles. The smallest absolute Gasteiger partial charge is 0.387 e. The molecular weight excluding hydrogens is 285 g/mol. The SMILES string of the molecule is CC(C)OCCCCNc1cc(OC(F)F)c(F)cc1N. The van der Waals surface area contributed by atoms with Gasteiger partial charge >= 0.3 is 6.61 Å². The largest absolute Gasteiger partial charge is 0.432 e. The summed E-state index contributed by atoms with van der Waals surface area (Å²) in [6.45, 7) is 2.07. The maximum absolute atomic E-state index is 13.4. The van der Waals surface area contributed by atoms with Crippen LogP contribution in [0.3, 0.4) is 0 Å². The van der Waals surface area contributed by atoms with Crippen LogP contribution in [0.2, 0.25) is 0 Å². The van der Waals surface area contributed by atoms with Crippen molar-refractivity contribution in [3.8, 4) is 5.75 Å². The summed E-state index contributed by atoms with van der Waals surface area (Å²) in [7, 11) is 0. The van der Waals surface area contributed by atoms with Crippen molar-refractivity contribution in [3.05, 3.63) is 17.9 Å². The molecule has 1 aromatic rings. The number of hydrogen-bond acceptors (Lipinski definition) is 4. The van der Waals surface area contributed by atoms with E-state index in [9.17, 15) is 13.2 Å². The number of rotatable bonds is 9. The fourth-order valence-corrected chi connectivity index (χ4v) is 1.68. The van der Waals surface area contributed by atoms with Crippen LogP contribution in [-0.2, 0) is 4.74 Å². The topological polar surface area (TPSA) is 56.5 Å². The van der Waals surface area contributed by atoms with Crippen molar-refractivity contribution >= 4 is 11.4 Å². The van der Waals surface area contributed by atoms with E-state index in [2.05, 4.69) is 10.1 Å². The first kappa shape index (κ1) is 17.4. The molecule has 0 spiro atoms. The van der Waals surface area contributed by atoms with Gasteiger partial charge in [-0.3, -0.25) is 0 Å². The number of unbranched alkanes of at least 4 members (excludes halogenated alkanes) is 1. The quantitative estimate of drug-likeness (QED) is 0.540. The third-order valence-electron chi connectivity index (χ3n) is 2.66. The highest BCUT2D eigenvalue weighted by Crippen LogP contribution is 2.29. The van der Waals surface area contributed by atoms with Gasteiger partial charge in [-0.25, -0.2) is 4.39 Å². The summed E-state index contributed by atoms with van der Waals surface area (Å²) in [6.07, 6.45) is 1.86. The minimum absolute atomic E-state index is 0.146. The number of nitrogens with two attached hydrogens (primary N) is 1. The highest BCUT2D eigenvalue weighted by molar-refractivity contribution is 5.68. The monoisotopic (exact) mass is 306 g/mol. The Balaban J connectivity index is 2.47. The van der Waals surface area contributed by atoms with Crippen molar-refractivity contribution in [3.63, 3.8) is 0 Å². The van der Waals surface area contributed by atoms with Crippen LogP contribution in [0.4, 0.5) is 24.5 Å². The number of hydrogen-bond donors (Lipinski definition) is 2. The molecule has 0 atom stereocenters. The second-order valence-corrected chi connectivity index (χ2v) is 4.80.